The Kier molecular flexibility index (Phi) is 6.09. The van der Waals surface area contributed by atoms with E-state index in [0.29, 0.717) is 29.0 Å². The predicted molar refractivity (Wildman–Crippen MR) is 161 cm³/mol. The summed E-state index contributed by atoms with van der Waals surface area (Å²) in [5.41, 5.74) is 1.27. The number of ether oxygens (including phenoxy) is 1. The lowest BCUT2D eigenvalue weighted by molar-refractivity contribution is -0.384. The van der Waals surface area contributed by atoms with Gasteiger partial charge in [-0.05, 0) is 36.8 Å². The second-order valence-corrected chi connectivity index (χ2v) is 10.9. The van der Waals surface area contributed by atoms with Gasteiger partial charge in [0.1, 0.15) is 17.2 Å². The second-order valence-electron chi connectivity index (χ2n) is 10.9. The Morgan fingerprint density at radius 3 is 2.19 bits per heavy atom. The maximum absolute atomic E-state index is 14.8. The van der Waals surface area contributed by atoms with Crippen LogP contribution in [0.2, 0.25) is 0 Å². The highest BCUT2D eigenvalue weighted by Crippen LogP contribution is 2.62. The number of carbonyl (C=O) groups is 3. The molecule has 8 nitrogen and oxygen atoms in total. The molecule has 1 saturated heterocycles. The molecule has 4 aromatic rings. The number of ketones is 3. The molecule has 1 fully saturated rings. The van der Waals surface area contributed by atoms with Gasteiger partial charge in [0, 0.05) is 46.0 Å². The van der Waals surface area contributed by atoms with Crippen LogP contribution in [-0.4, -0.2) is 41.0 Å². The summed E-state index contributed by atoms with van der Waals surface area (Å²) in [6.45, 7) is 2.19. The summed E-state index contributed by atoms with van der Waals surface area (Å²) in [6, 6.07) is 25.3. The fraction of sp³-hybridized carbons (Fsp3) is 0.171. The summed E-state index contributed by atoms with van der Waals surface area (Å²) in [5, 5.41) is 11.4. The van der Waals surface area contributed by atoms with Crippen molar-refractivity contribution >= 4 is 34.8 Å². The fourth-order valence-corrected chi connectivity index (χ4v) is 7.20. The molecule has 0 radical (unpaired) electrons. The van der Waals surface area contributed by atoms with Crippen molar-refractivity contribution in [1.29, 1.82) is 0 Å². The molecule has 8 heteroatoms. The first-order valence-corrected chi connectivity index (χ1v) is 14.1. The van der Waals surface area contributed by atoms with Crippen LogP contribution in [0.4, 0.5) is 11.4 Å². The molecule has 1 unspecified atom stereocenters. The number of hydrogen-bond acceptors (Lipinski definition) is 7. The molecule has 0 N–H and O–H groups in total. The highest BCUT2D eigenvalue weighted by Gasteiger charge is 2.71. The van der Waals surface area contributed by atoms with Crippen LogP contribution in [-0.2, 0) is 0 Å². The molecule has 4 aromatic carbocycles. The smallest absolute Gasteiger partial charge is 0.269 e. The van der Waals surface area contributed by atoms with E-state index in [1.54, 1.807) is 30.3 Å². The molecule has 2 aliphatic heterocycles. The van der Waals surface area contributed by atoms with Crippen molar-refractivity contribution in [3.8, 4) is 5.75 Å². The summed E-state index contributed by atoms with van der Waals surface area (Å²) >= 11 is 0. The average molecular weight is 571 g/mol. The third kappa shape index (κ3) is 3.65. The summed E-state index contributed by atoms with van der Waals surface area (Å²) < 4.78 is 6.05. The van der Waals surface area contributed by atoms with Crippen LogP contribution in [0.5, 0.6) is 5.75 Å². The first-order chi connectivity index (χ1) is 20.9. The highest BCUT2D eigenvalue weighted by atomic mass is 16.6. The largest absolute Gasteiger partial charge is 0.494 e. The van der Waals surface area contributed by atoms with Gasteiger partial charge < -0.3 is 9.64 Å². The number of Topliss-reactive ketones (excluding diaryl/α,β-unsaturated/α-hetero) is 3. The standard InChI is InChI=1S/C35H26N2O6/c1-2-43-28-14-8-6-12-26(28)30-31(32(38)22-15-18-23(19-16-22)37(41)42)36-27-13-7-3-9-21(27)17-20-29(36)35(30)33(39)24-10-4-5-11-25(24)34(35)40/h3-20,29-31H,2H2,1H3/t29?,30-,31+/m0/s1. The molecule has 3 aliphatic rings. The number of para-hydroxylation sites is 2. The van der Waals surface area contributed by atoms with Crippen molar-refractivity contribution in [3.05, 3.63) is 141 Å². The van der Waals surface area contributed by atoms with Crippen molar-refractivity contribution in [3.63, 3.8) is 0 Å². The van der Waals surface area contributed by atoms with Gasteiger partial charge in [-0.15, -0.1) is 0 Å². The van der Waals surface area contributed by atoms with E-state index in [1.165, 1.54) is 24.3 Å². The fourth-order valence-electron chi connectivity index (χ4n) is 7.20. The van der Waals surface area contributed by atoms with Gasteiger partial charge in [-0.1, -0.05) is 72.8 Å². The first kappa shape index (κ1) is 26.5. The quantitative estimate of drug-likeness (QED) is 0.116. The zero-order chi connectivity index (χ0) is 29.9. The lowest BCUT2D eigenvalue weighted by Crippen LogP contribution is -2.48. The number of nitro groups is 1. The molecule has 0 saturated carbocycles. The number of nitrogens with zero attached hydrogens (tertiary/aromatic N) is 2. The number of benzene rings is 4. The van der Waals surface area contributed by atoms with Gasteiger partial charge in [-0.3, -0.25) is 24.5 Å². The third-order valence-electron chi connectivity index (χ3n) is 8.90. The molecule has 7 rings (SSSR count). The SMILES string of the molecule is CCOc1ccccc1[C@H]1[C@H](C(=O)c2ccc([N+](=O)[O-])cc2)N2c3ccccc3C=CC2C12C(=O)c1ccccc1C2=O. The maximum Gasteiger partial charge on any atom is 0.269 e. The number of nitro benzene ring substituents is 1. The number of fused-ring (bicyclic) bond motifs is 5. The summed E-state index contributed by atoms with van der Waals surface area (Å²) in [5.74, 6) is -1.46. The van der Waals surface area contributed by atoms with Gasteiger partial charge in [0.15, 0.2) is 17.3 Å². The Morgan fingerprint density at radius 1 is 0.884 bits per heavy atom. The van der Waals surface area contributed by atoms with Crippen LogP contribution in [0.25, 0.3) is 6.08 Å². The first-order valence-electron chi connectivity index (χ1n) is 14.1. The van der Waals surface area contributed by atoms with E-state index >= 15 is 0 Å². The summed E-state index contributed by atoms with van der Waals surface area (Å²) in [6.07, 6.45) is 3.77. The molecule has 212 valence electrons. The van der Waals surface area contributed by atoms with E-state index in [2.05, 4.69) is 0 Å². The minimum absolute atomic E-state index is 0.140. The monoisotopic (exact) mass is 570 g/mol. The van der Waals surface area contributed by atoms with Crippen LogP contribution < -0.4 is 9.64 Å². The lowest BCUT2D eigenvalue weighted by Gasteiger charge is -2.37. The molecule has 1 spiro atoms. The number of non-ortho nitro benzene ring substituents is 1. The van der Waals surface area contributed by atoms with Gasteiger partial charge in [0.2, 0.25) is 0 Å². The van der Waals surface area contributed by atoms with E-state index in [9.17, 15) is 24.5 Å². The van der Waals surface area contributed by atoms with Crippen LogP contribution in [0.1, 0.15) is 55.0 Å². The third-order valence-corrected chi connectivity index (χ3v) is 8.90. The normalized spacial score (nSPS) is 21.0. The predicted octanol–water partition coefficient (Wildman–Crippen LogP) is 6.31. The molecule has 2 heterocycles. The molecular weight excluding hydrogens is 544 g/mol. The minimum Gasteiger partial charge on any atom is -0.494 e. The molecule has 0 aromatic heterocycles. The minimum atomic E-state index is -1.66. The highest BCUT2D eigenvalue weighted by molar-refractivity contribution is 6.32. The molecule has 3 atom stereocenters. The maximum atomic E-state index is 14.8. The molecule has 0 bridgehead atoms. The van der Waals surface area contributed by atoms with E-state index in [4.69, 9.17) is 4.74 Å². The van der Waals surface area contributed by atoms with Crippen molar-refractivity contribution < 1.29 is 24.0 Å². The Hall–Kier alpha value is -5.37. The number of anilines is 1. The van der Waals surface area contributed by atoms with Crippen LogP contribution in [0, 0.1) is 15.5 Å². The Morgan fingerprint density at radius 2 is 1.51 bits per heavy atom. The van der Waals surface area contributed by atoms with Crippen molar-refractivity contribution in [2.75, 3.05) is 11.5 Å². The average Bonchev–Trinajstić information content (AvgIpc) is 3.47. The summed E-state index contributed by atoms with van der Waals surface area (Å²) in [7, 11) is 0. The molecule has 43 heavy (non-hydrogen) atoms. The summed E-state index contributed by atoms with van der Waals surface area (Å²) in [4.78, 5) is 57.1. The molecular formula is C35H26N2O6. The molecule has 1 aliphatic carbocycles. The van der Waals surface area contributed by atoms with Crippen molar-refractivity contribution in [1.82, 2.24) is 0 Å². The van der Waals surface area contributed by atoms with E-state index in [1.807, 2.05) is 66.4 Å². The van der Waals surface area contributed by atoms with Crippen LogP contribution in [0.3, 0.4) is 0 Å². The Labute approximate surface area is 247 Å². The zero-order valence-electron chi connectivity index (χ0n) is 23.2. The topological polar surface area (TPSA) is 107 Å². The number of carbonyl (C=O) groups excluding carboxylic acids is 3. The van der Waals surface area contributed by atoms with Crippen molar-refractivity contribution in [2.24, 2.45) is 5.41 Å². The van der Waals surface area contributed by atoms with Crippen LogP contribution >= 0.6 is 0 Å². The second kappa shape index (κ2) is 9.87. The lowest BCUT2D eigenvalue weighted by atomic mass is 9.64. The van der Waals surface area contributed by atoms with E-state index < -0.39 is 28.3 Å². The van der Waals surface area contributed by atoms with Gasteiger partial charge in [-0.25, -0.2) is 0 Å². The van der Waals surface area contributed by atoms with E-state index in [-0.39, 0.29) is 28.6 Å². The van der Waals surface area contributed by atoms with Gasteiger partial charge in [0.25, 0.3) is 5.69 Å². The van der Waals surface area contributed by atoms with Crippen LogP contribution in [0.15, 0.2) is 103 Å². The molecule has 0 amide bonds. The Balaban J connectivity index is 1.54. The number of rotatable bonds is 6. The van der Waals surface area contributed by atoms with Gasteiger partial charge in [0.05, 0.1) is 17.6 Å². The van der Waals surface area contributed by atoms with Gasteiger partial charge in [-0.2, -0.15) is 0 Å². The van der Waals surface area contributed by atoms with E-state index in [0.717, 1.165) is 11.3 Å². The van der Waals surface area contributed by atoms with Gasteiger partial charge >= 0.3 is 0 Å². The Bertz CT molecular complexity index is 1830. The number of hydrogen-bond donors (Lipinski definition) is 0. The zero-order valence-corrected chi connectivity index (χ0v) is 23.2. The van der Waals surface area contributed by atoms with Crippen molar-refractivity contribution in [2.45, 2.75) is 24.9 Å².